The van der Waals surface area contributed by atoms with Crippen molar-refractivity contribution >= 4 is 24.6 Å². The molecule has 80 valence electrons. The Labute approximate surface area is 89.7 Å². The molecule has 0 aliphatic carbocycles. The highest BCUT2D eigenvalue weighted by Gasteiger charge is 2.50. The smallest absolute Gasteiger partial charge is 0.301 e. The molecule has 0 N–H and O–H groups in total. The number of amides is 3. The summed E-state index contributed by atoms with van der Waals surface area (Å²) in [6.45, 7) is 6.40. The third kappa shape index (κ3) is 1.49. The highest BCUT2D eigenvalue weighted by atomic mass is 32.1. The number of urea groups is 1. The number of hydrogen-bond donors (Lipinski definition) is 1. The molecular formula is C9H16N2O2S. The summed E-state index contributed by atoms with van der Waals surface area (Å²) in [7, 11) is 0. The molecule has 0 aromatic carbocycles. The highest BCUT2D eigenvalue weighted by Crippen LogP contribution is 2.30. The van der Waals surface area contributed by atoms with E-state index >= 15 is 0 Å². The summed E-state index contributed by atoms with van der Waals surface area (Å²) >= 11 is 4.26. The van der Waals surface area contributed by atoms with Crippen molar-refractivity contribution in [2.24, 2.45) is 0 Å². The molecule has 1 atom stereocenters. The molecule has 0 saturated carbocycles. The van der Waals surface area contributed by atoms with Crippen molar-refractivity contribution in [3.05, 3.63) is 0 Å². The van der Waals surface area contributed by atoms with Crippen LogP contribution in [0.1, 0.15) is 27.2 Å². The predicted octanol–water partition coefficient (Wildman–Crippen LogP) is 1.33. The van der Waals surface area contributed by atoms with E-state index in [4.69, 9.17) is 0 Å². The Morgan fingerprint density at radius 1 is 1.36 bits per heavy atom. The Bertz CT molecular complexity index is 266. The van der Waals surface area contributed by atoms with Gasteiger partial charge in [-0.25, -0.2) is 4.79 Å². The minimum absolute atomic E-state index is 0.221. The first kappa shape index (κ1) is 11.4. The second-order valence-electron chi connectivity index (χ2n) is 3.50. The summed E-state index contributed by atoms with van der Waals surface area (Å²) in [5, 5.41) is 0. The van der Waals surface area contributed by atoms with E-state index in [2.05, 4.69) is 12.6 Å². The van der Waals surface area contributed by atoms with E-state index in [-0.39, 0.29) is 11.9 Å². The zero-order chi connectivity index (χ0) is 10.9. The first-order chi connectivity index (χ1) is 6.46. The molecule has 4 nitrogen and oxygen atoms in total. The lowest BCUT2D eigenvalue weighted by Gasteiger charge is -2.26. The Kier molecular flexibility index (Phi) is 3.09. The quantitative estimate of drug-likeness (QED) is 0.571. The third-order valence-corrected chi connectivity index (χ3v) is 2.83. The Morgan fingerprint density at radius 2 is 1.93 bits per heavy atom. The number of carbonyl (C=O) groups is 2. The van der Waals surface area contributed by atoms with Crippen molar-refractivity contribution in [2.45, 2.75) is 32.1 Å². The van der Waals surface area contributed by atoms with Gasteiger partial charge in [-0.1, -0.05) is 6.92 Å². The fourth-order valence-corrected chi connectivity index (χ4v) is 1.91. The summed E-state index contributed by atoms with van der Waals surface area (Å²) in [6.07, 6.45) is 0.826. The Morgan fingerprint density at radius 3 is 2.29 bits per heavy atom. The van der Waals surface area contributed by atoms with Gasteiger partial charge in [0.1, 0.15) is 0 Å². The van der Waals surface area contributed by atoms with E-state index in [0.717, 1.165) is 6.42 Å². The molecule has 1 aliphatic heterocycles. The molecule has 0 aromatic rings. The average molecular weight is 216 g/mol. The van der Waals surface area contributed by atoms with Crippen LogP contribution in [0.5, 0.6) is 0 Å². The van der Waals surface area contributed by atoms with Gasteiger partial charge in [0.2, 0.25) is 0 Å². The van der Waals surface area contributed by atoms with E-state index in [1.807, 2.05) is 6.92 Å². The van der Waals surface area contributed by atoms with Crippen molar-refractivity contribution in [1.29, 1.82) is 0 Å². The molecule has 5 heteroatoms. The van der Waals surface area contributed by atoms with E-state index in [1.54, 1.807) is 13.8 Å². The van der Waals surface area contributed by atoms with Crippen molar-refractivity contribution in [2.75, 3.05) is 13.1 Å². The largest absolute Gasteiger partial charge is 0.328 e. The fraction of sp³-hybridized carbons (Fsp3) is 0.778. The van der Waals surface area contributed by atoms with E-state index < -0.39 is 4.87 Å². The van der Waals surface area contributed by atoms with E-state index in [0.29, 0.717) is 13.1 Å². The summed E-state index contributed by atoms with van der Waals surface area (Å²) in [4.78, 5) is 25.3. The van der Waals surface area contributed by atoms with Crippen molar-refractivity contribution in [1.82, 2.24) is 9.80 Å². The number of hydrogen-bond acceptors (Lipinski definition) is 3. The van der Waals surface area contributed by atoms with Crippen molar-refractivity contribution in [3.8, 4) is 0 Å². The lowest BCUT2D eigenvalue weighted by molar-refractivity contribution is -0.128. The van der Waals surface area contributed by atoms with Crippen molar-refractivity contribution in [3.63, 3.8) is 0 Å². The van der Waals surface area contributed by atoms with Crippen molar-refractivity contribution < 1.29 is 9.59 Å². The van der Waals surface area contributed by atoms with Crippen LogP contribution in [0.4, 0.5) is 4.79 Å². The summed E-state index contributed by atoms with van der Waals surface area (Å²) in [6, 6.07) is -0.225. The van der Waals surface area contributed by atoms with Gasteiger partial charge in [-0.05, 0) is 20.3 Å². The number of thiol groups is 1. The fourth-order valence-electron chi connectivity index (χ4n) is 1.61. The lowest BCUT2D eigenvalue weighted by Crippen LogP contribution is -2.42. The Hall–Kier alpha value is -0.710. The Balaban J connectivity index is 2.97. The predicted molar refractivity (Wildman–Crippen MR) is 57.2 cm³/mol. The normalized spacial score (nSPS) is 27.7. The topological polar surface area (TPSA) is 40.6 Å². The van der Waals surface area contributed by atoms with Crippen LogP contribution < -0.4 is 0 Å². The molecule has 1 unspecified atom stereocenters. The first-order valence-electron chi connectivity index (χ1n) is 4.82. The lowest BCUT2D eigenvalue weighted by atomic mass is 10.3. The number of imide groups is 1. The molecule has 0 bridgehead atoms. The molecule has 3 amide bonds. The minimum atomic E-state index is -0.969. The second-order valence-corrected chi connectivity index (χ2v) is 4.38. The molecular weight excluding hydrogens is 200 g/mol. The molecule has 1 fully saturated rings. The maximum atomic E-state index is 11.7. The van der Waals surface area contributed by atoms with Gasteiger partial charge >= 0.3 is 6.03 Å². The summed E-state index contributed by atoms with van der Waals surface area (Å²) in [5.41, 5.74) is 0. The number of nitrogens with zero attached hydrogens (tertiary/aromatic N) is 2. The van der Waals surface area contributed by atoms with Gasteiger partial charge in [0.25, 0.3) is 5.91 Å². The summed E-state index contributed by atoms with van der Waals surface area (Å²) in [5.74, 6) is -0.221. The zero-order valence-corrected chi connectivity index (χ0v) is 9.67. The molecule has 14 heavy (non-hydrogen) atoms. The molecule has 0 radical (unpaired) electrons. The van der Waals surface area contributed by atoms with Crippen LogP contribution in [0, 0.1) is 0 Å². The number of rotatable bonds is 3. The first-order valence-corrected chi connectivity index (χ1v) is 5.27. The minimum Gasteiger partial charge on any atom is -0.301 e. The summed E-state index contributed by atoms with van der Waals surface area (Å²) < 4.78 is 0. The SMILES string of the molecule is CCCN1C(=O)N(CC)C(=O)C1(C)S. The van der Waals surface area contributed by atoms with Gasteiger partial charge in [-0.2, -0.15) is 0 Å². The maximum Gasteiger partial charge on any atom is 0.328 e. The van der Waals surface area contributed by atoms with Crippen LogP contribution in [0.25, 0.3) is 0 Å². The van der Waals surface area contributed by atoms with Gasteiger partial charge in [-0.3, -0.25) is 9.69 Å². The molecule has 0 spiro atoms. The van der Waals surface area contributed by atoms with Crippen LogP contribution in [-0.2, 0) is 4.79 Å². The van der Waals surface area contributed by atoms with Gasteiger partial charge in [-0.15, -0.1) is 12.6 Å². The maximum absolute atomic E-state index is 11.7. The van der Waals surface area contributed by atoms with Crippen LogP contribution in [-0.4, -0.2) is 39.7 Å². The third-order valence-electron chi connectivity index (χ3n) is 2.40. The van der Waals surface area contributed by atoms with Crippen LogP contribution >= 0.6 is 12.6 Å². The van der Waals surface area contributed by atoms with Gasteiger partial charge in [0.05, 0.1) is 0 Å². The molecule has 0 aromatic heterocycles. The molecule has 1 heterocycles. The molecule has 1 aliphatic rings. The zero-order valence-electron chi connectivity index (χ0n) is 8.78. The van der Waals surface area contributed by atoms with Crippen LogP contribution in [0.2, 0.25) is 0 Å². The van der Waals surface area contributed by atoms with Gasteiger partial charge in [0, 0.05) is 13.1 Å². The van der Waals surface area contributed by atoms with Gasteiger partial charge < -0.3 is 4.90 Å². The van der Waals surface area contributed by atoms with Crippen LogP contribution in [0.3, 0.4) is 0 Å². The monoisotopic (exact) mass is 216 g/mol. The molecule has 1 rings (SSSR count). The number of carbonyl (C=O) groups excluding carboxylic acids is 2. The van der Waals surface area contributed by atoms with E-state index in [9.17, 15) is 9.59 Å². The molecule has 1 saturated heterocycles. The van der Waals surface area contributed by atoms with E-state index in [1.165, 1.54) is 9.80 Å². The highest BCUT2D eigenvalue weighted by molar-refractivity contribution is 7.82. The average Bonchev–Trinajstić information content (AvgIpc) is 2.28. The van der Waals surface area contributed by atoms with Crippen LogP contribution in [0.15, 0.2) is 0 Å². The standard InChI is InChI=1S/C9H16N2O2S/c1-4-6-11-8(13)10(5-2)7(12)9(11,3)14/h14H,4-6H2,1-3H3. The van der Waals surface area contributed by atoms with Gasteiger partial charge in [0.15, 0.2) is 4.87 Å². The second kappa shape index (κ2) is 3.81. The number of likely N-dealkylation sites (N-methyl/N-ethyl adjacent to an activating group) is 1.